The van der Waals surface area contributed by atoms with Gasteiger partial charge in [-0.1, -0.05) is 18.2 Å². The molecule has 4 atom stereocenters. The number of fused-ring (bicyclic) bond motifs is 2. The molecule has 1 amide bonds. The van der Waals surface area contributed by atoms with Crippen molar-refractivity contribution < 1.29 is 19.4 Å². The molecule has 2 aliphatic rings. The average molecular weight is 343 g/mol. The molecule has 2 aromatic rings. The fraction of sp³-hybridized carbons (Fsp3) is 0.444. The van der Waals surface area contributed by atoms with Crippen LogP contribution in [0.5, 0.6) is 0 Å². The normalized spacial score (nSPS) is 28.1. The summed E-state index contributed by atoms with van der Waals surface area (Å²) in [5.41, 5.74) is 1.34. The maximum Gasteiger partial charge on any atom is 0.252 e. The fourth-order valence-corrected chi connectivity index (χ4v) is 3.43. The van der Waals surface area contributed by atoms with E-state index < -0.39 is 6.10 Å². The van der Waals surface area contributed by atoms with Crippen LogP contribution in [0.25, 0.3) is 10.9 Å². The summed E-state index contributed by atoms with van der Waals surface area (Å²) in [7, 11) is 3.78. The molecule has 3 heterocycles. The minimum Gasteiger partial charge on any atom is -0.388 e. The predicted octanol–water partition coefficient (Wildman–Crippen LogP) is 0.558. The van der Waals surface area contributed by atoms with E-state index in [1.54, 1.807) is 6.07 Å². The number of para-hydroxylation sites is 1. The maximum absolute atomic E-state index is 12.9. The number of rotatable bonds is 3. The Morgan fingerprint density at radius 2 is 2.00 bits per heavy atom. The van der Waals surface area contributed by atoms with Crippen molar-refractivity contribution in [2.75, 3.05) is 32.2 Å². The fourth-order valence-electron chi connectivity index (χ4n) is 3.43. The molecule has 0 aliphatic carbocycles. The van der Waals surface area contributed by atoms with E-state index in [0.717, 1.165) is 16.7 Å². The summed E-state index contributed by atoms with van der Waals surface area (Å²) in [5.74, 6) is 0.526. The molecule has 25 heavy (non-hydrogen) atoms. The van der Waals surface area contributed by atoms with Crippen LogP contribution in [-0.2, 0) is 9.47 Å². The second-order valence-electron chi connectivity index (χ2n) is 6.68. The average Bonchev–Trinajstić information content (AvgIpc) is 3.17. The summed E-state index contributed by atoms with van der Waals surface area (Å²) in [6.45, 7) is 0.576. The largest absolute Gasteiger partial charge is 0.388 e. The van der Waals surface area contributed by atoms with Crippen molar-refractivity contribution >= 4 is 22.6 Å². The predicted molar refractivity (Wildman–Crippen MR) is 92.8 cm³/mol. The van der Waals surface area contributed by atoms with Gasteiger partial charge in [0.25, 0.3) is 5.91 Å². The number of nitrogens with one attached hydrogen (secondary N) is 1. The Morgan fingerprint density at radius 1 is 1.24 bits per heavy atom. The summed E-state index contributed by atoms with van der Waals surface area (Å²) >= 11 is 0. The Bertz CT molecular complexity index is 810. The highest BCUT2D eigenvalue weighted by molar-refractivity contribution is 6.07. The summed E-state index contributed by atoms with van der Waals surface area (Å²) in [6, 6.07) is 9.09. The van der Waals surface area contributed by atoms with Gasteiger partial charge in [-0.25, -0.2) is 4.98 Å². The van der Waals surface area contributed by atoms with Crippen molar-refractivity contribution in [2.24, 2.45) is 0 Å². The highest BCUT2D eigenvalue weighted by Crippen LogP contribution is 2.28. The molecule has 4 rings (SSSR count). The van der Waals surface area contributed by atoms with Crippen LogP contribution < -0.4 is 10.2 Å². The van der Waals surface area contributed by atoms with E-state index in [-0.39, 0.29) is 30.8 Å². The number of carbonyl (C=O) groups excluding carboxylic acids is 1. The third kappa shape index (κ3) is 2.84. The van der Waals surface area contributed by atoms with Crippen molar-refractivity contribution in [3.8, 4) is 0 Å². The molecule has 1 aromatic carbocycles. The third-order valence-electron chi connectivity index (χ3n) is 4.75. The first-order valence-electron chi connectivity index (χ1n) is 8.34. The van der Waals surface area contributed by atoms with Gasteiger partial charge in [0.05, 0.1) is 30.3 Å². The summed E-state index contributed by atoms with van der Waals surface area (Å²) < 4.78 is 11.2. The molecule has 132 valence electrons. The lowest BCUT2D eigenvalue weighted by Crippen LogP contribution is -2.44. The second-order valence-corrected chi connectivity index (χ2v) is 6.68. The molecule has 7 nitrogen and oxygen atoms in total. The summed E-state index contributed by atoms with van der Waals surface area (Å²) in [6.07, 6.45) is -1.30. The van der Waals surface area contributed by atoms with E-state index >= 15 is 0 Å². The molecule has 2 aliphatic heterocycles. The first-order chi connectivity index (χ1) is 12.0. The van der Waals surface area contributed by atoms with Gasteiger partial charge in [0.1, 0.15) is 24.1 Å². The minimum atomic E-state index is -0.631. The van der Waals surface area contributed by atoms with Crippen LogP contribution >= 0.6 is 0 Å². The molecule has 1 aromatic heterocycles. The number of carbonyl (C=O) groups is 1. The zero-order valence-corrected chi connectivity index (χ0v) is 14.2. The quantitative estimate of drug-likeness (QED) is 0.847. The number of pyridine rings is 1. The second kappa shape index (κ2) is 6.25. The topological polar surface area (TPSA) is 83.9 Å². The van der Waals surface area contributed by atoms with Crippen molar-refractivity contribution in [2.45, 2.75) is 24.4 Å². The number of anilines is 1. The number of aromatic nitrogens is 1. The number of nitrogens with zero attached hydrogens (tertiary/aromatic N) is 2. The van der Waals surface area contributed by atoms with Crippen LogP contribution in [0.3, 0.4) is 0 Å². The molecule has 0 unspecified atom stereocenters. The lowest BCUT2D eigenvalue weighted by Gasteiger charge is -2.19. The standard InChI is InChI=1S/C18H21N3O4/c1-21(2)15-7-11(10-5-3-4-6-12(10)19-15)18(23)20-13-8-24-17-14(22)9-25-16(13)17/h3-7,13-14,16-17,22H,8-9H2,1-2H3,(H,20,23)/t13-,14+,16+,17+/m0/s1. The van der Waals surface area contributed by atoms with Crippen LogP contribution in [0.2, 0.25) is 0 Å². The van der Waals surface area contributed by atoms with Crippen LogP contribution in [0.1, 0.15) is 10.4 Å². The van der Waals surface area contributed by atoms with Gasteiger partial charge in [-0.3, -0.25) is 4.79 Å². The van der Waals surface area contributed by atoms with Gasteiger partial charge >= 0.3 is 0 Å². The smallest absolute Gasteiger partial charge is 0.252 e. The van der Waals surface area contributed by atoms with Crippen molar-refractivity contribution in [3.05, 3.63) is 35.9 Å². The molecule has 0 spiro atoms. The molecule has 2 fully saturated rings. The molecule has 0 bridgehead atoms. The highest BCUT2D eigenvalue weighted by Gasteiger charge is 2.47. The van der Waals surface area contributed by atoms with E-state index in [1.807, 2.05) is 43.3 Å². The zero-order chi connectivity index (χ0) is 17.6. The van der Waals surface area contributed by atoms with Gasteiger partial charge in [-0.15, -0.1) is 0 Å². The molecular weight excluding hydrogens is 322 g/mol. The van der Waals surface area contributed by atoms with Crippen LogP contribution in [0.4, 0.5) is 5.82 Å². The molecule has 0 radical (unpaired) electrons. The molecule has 7 heteroatoms. The molecule has 2 N–H and O–H groups in total. The van der Waals surface area contributed by atoms with E-state index in [2.05, 4.69) is 10.3 Å². The van der Waals surface area contributed by atoms with Gasteiger partial charge in [0, 0.05) is 19.5 Å². The van der Waals surface area contributed by atoms with Crippen LogP contribution in [-0.4, -0.2) is 67.7 Å². The lowest BCUT2D eigenvalue weighted by molar-refractivity contribution is 0.0178. The number of amides is 1. The third-order valence-corrected chi connectivity index (χ3v) is 4.75. The molecule has 2 saturated heterocycles. The van der Waals surface area contributed by atoms with Gasteiger partial charge in [0.2, 0.25) is 0 Å². The molecular formula is C18H21N3O4. The Morgan fingerprint density at radius 3 is 2.80 bits per heavy atom. The van der Waals surface area contributed by atoms with Crippen molar-refractivity contribution in [3.63, 3.8) is 0 Å². The van der Waals surface area contributed by atoms with E-state index in [9.17, 15) is 9.90 Å². The molecule has 0 saturated carbocycles. The summed E-state index contributed by atoms with van der Waals surface area (Å²) in [4.78, 5) is 19.4. The van der Waals surface area contributed by atoms with Crippen molar-refractivity contribution in [1.29, 1.82) is 0 Å². The van der Waals surface area contributed by atoms with Crippen LogP contribution in [0, 0.1) is 0 Å². The van der Waals surface area contributed by atoms with Gasteiger partial charge < -0.3 is 24.8 Å². The Labute approximate surface area is 145 Å². The Balaban J connectivity index is 1.64. The van der Waals surface area contributed by atoms with Gasteiger partial charge in [-0.05, 0) is 12.1 Å². The van der Waals surface area contributed by atoms with E-state index in [1.165, 1.54) is 0 Å². The Kier molecular flexibility index (Phi) is 4.07. The lowest BCUT2D eigenvalue weighted by atomic mass is 10.1. The monoisotopic (exact) mass is 343 g/mol. The van der Waals surface area contributed by atoms with Gasteiger partial charge in [-0.2, -0.15) is 0 Å². The summed E-state index contributed by atoms with van der Waals surface area (Å²) in [5, 5.41) is 13.6. The van der Waals surface area contributed by atoms with E-state index in [4.69, 9.17) is 9.47 Å². The SMILES string of the molecule is CN(C)c1cc(C(=O)N[C@H]2CO[C@H]3[C@@H]2OC[C@H]3O)c2ccccc2n1. The first-order valence-corrected chi connectivity index (χ1v) is 8.34. The zero-order valence-electron chi connectivity index (χ0n) is 14.2. The number of hydrogen-bond donors (Lipinski definition) is 2. The number of aliphatic hydroxyl groups is 1. The van der Waals surface area contributed by atoms with Gasteiger partial charge in [0.15, 0.2) is 0 Å². The van der Waals surface area contributed by atoms with E-state index in [0.29, 0.717) is 12.2 Å². The maximum atomic E-state index is 12.9. The number of ether oxygens (including phenoxy) is 2. The van der Waals surface area contributed by atoms with Crippen LogP contribution in [0.15, 0.2) is 30.3 Å². The van der Waals surface area contributed by atoms with Crippen molar-refractivity contribution in [1.82, 2.24) is 10.3 Å². The highest BCUT2D eigenvalue weighted by atomic mass is 16.6. The number of benzene rings is 1. The Hall–Kier alpha value is -2.22. The minimum absolute atomic E-state index is 0.194. The number of hydrogen-bond acceptors (Lipinski definition) is 6. The number of aliphatic hydroxyl groups excluding tert-OH is 1. The first kappa shape index (κ1) is 16.3.